The maximum atomic E-state index is 13.3. The summed E-state index contributed by atoms with van der Waals surface area (Å²) in [5, 5.41) is 14.6. The molecule has 0 amide bonds. The third-order valence-electron chi connectivity index (χ3n) is 4.39. The number of nitrogens with two attached hydrogens (primary N) is 1. The van der Waals surface area contributed by atoms with E-state index < -0.39 is 5.60 Å². The molecule has 0 bridgehead atoms. The van der Waals surface area contributed by atoms with Gasteiger partial charge < -0.3 is 10.4 Å². The van der Waals surface area contributed by atoms with E-state index in [4.69, 9.17) is 23.2 Å². The number of hydrogen-bond donors (Lipinski definition) is 2. The molecule has 5 heteroatoms. The third kappa shape index (κ3) is 4.25. The van der Waals surface area contributed by atoms with E-state index in [0.29, 0.717) is 28.7 Å². The molecule has 0 saturated carbocycles. The predicted octanol–water partition coefficient (Wildman–Crippen LogP) is 4.13. The van der Waals surface area contributed by atoms with E-state index in [1.807, 2.05) is 41.7 Å². The van der Waals surface area contributed by atoms with Crippen LogP contribution in [0.15, 0.2) is 72.8 Å². The second kappa shape index (κ2) is 8.19. The molecule has 0 aliphatic heterocycles. The molecule has 2 nitrogen and oxygen atoms in total. The first kappa shape index (κ1) is 18.9. The Bertz CT molecular complexity index is 871. The normalized spacial score (nSPS) is 13.4. The monoisotopic (exact) mass is 390 g/mol. The summed E-state index contributed by atoms with van der Waals surface area (Å²) >= 11 is 12.2. The lowest BCUT2D eigenvalue weighted by molar-refractivity contribution is -0.682. The summed E-state index contributed by atoms with van der Waals surface area (Å²) in [6.07, 6.45) is 0. The summed E-state index contributed by atoms with van der Waals surface area (Å²) in [5.74, 6) is -0.332. The molecule has 1 atom stereocenters. The Hall–Kier alpha value is -1.91. The zero-order valence-electron chi connectivity index (χ0n) is 14.0. The summed E-state index contributed by atoms with van der Waals surface area (Å²) in [6.45, 7) is 0.952. The first-order chi connectivity index (χ1) is 12.5. The molecule has 0 saturated heterocycles. The summed E-state index contributed by atoms with van der Waals surface area (Å²) < 4.78 is 13.3. The summed E-state index contributed by atoms with van der Waals surface area (Å²) in [7, 11) is 0. The van der Waals surface area contributed by atoms with Gasteiger partial charge in [0.2, 0.25) is 0 Å². The molecule has 134 valence electrons. The molecule has 0 aliphatic carbocycles. The van der Waals surface area contributed by atoms with Crippen molar-refractivity contribution in [2.24, 2.45) is 0 Å². The zero-order valence-corrected chi connectivity index (χ0v) is 15.5. The average molecular weight is 391 g/mol. The standard InChI is InChI=1S/C21H18Cl2FNO/c22-18-9-6-15(20(23)12-18)13-25-14-21(26,16-4-2-1-3-5-16)17-7-10-19(24)11-8-17/h1-12,25-26H,13-14H2/p+1/t21-/m1/s1. The fraction of sp³-hybridized carbons (Fsp3) is 0.143. The summed E-state index contributed by atoms with van der Waals surface area (Å²) in [4.78, 5) is 0. The van der Waals surface area contributed by atoms with E-state index in [0.717, 1.165) is 11.1 Å². The van der Waals surface area contributed by atoms with Crippen LogP contribution in [0.1, 0.15) is 16.7 Å². The summed E-state index contributed by atoms with van der Waals surface area (Å²) in [5.41, 5.74) is 1.09. The molecular formula is C21H19Cl2FNO+. The molecule has 3 aromatic rings. The molecule has 3 rings (SSSR count). The van der Waals surface area contributed by atoms with Crippen molar-refractivity contribution in [2.45, 2.75) is 12.1 Å². The van der Waals surface area contributed by atoms with Crippen molar-refractivity contribution in [3.8, 4) is 0 Å². The molecular weight excluding hydrogens is 372 g/mol. The molecule has 0 unspecified atom stereocenters. The van der Waals surface area contributed by atoms with Crippen LogP contribution >= 0.6 is 23.2 Å². The largest absolute Gasteiger partial charge is 0.375 e. The van der Waals surface area contributed by atoms with Crippen LogP contribution in [0.2, 0.25) is 10.0 Å². The Morgan fingerprint density at radius 3 is 2.19 bits per heavy atom. The molecule has 26 heavy (non-hydrogen) atoms. The lowest BCUT2D eigenvalue weighted by Gasteiger charge is -2.28. The van der Waals surface area contributed by atoms with Gasteiger partial charge in [-0.2, -0.15) is 0 Å². The minimum atomic E-state index is -1.24. The molecule has 0 radical (unpaired) electrons. The Labute approximate surface area is 162 Å². The number of benzene rings is 3. The lowest BCUT2D eigenvalue weighted by Crippen LogP contribution is -2.86. The number of rotatable bonds is 6. The average Bonchev–Trinajstić information content (AvgIpc) is 2.64. The van der Waals surface area contributed by atoms with Gasteiger partial charge in [-0.1, -0.05) is 71.7 Å². The fourth-order valence-corrected chi connectivity index (χ4v) is 3.45. The topological polar surface area (TPSA) is 36.8 Å². The maximum absolute atomic E-state index is 13.3. The minimum Gasteiger partial charge on any atom is -0.375 e. The summed E-state index contributed by atoms with van der Waals surface area (Å²) in [6, 6.07) is 20.7. The highest BCUT2D eigenvalue weighted by Crippen LogP contribution is 2.28. The maximum Gasteiger partial charge on any atom is 0.163 e. The van der Waals surface area contributed by atoms with Crippen molar-refractivity contribution in [1.82, 2.24) is 0 Å². The van der Waals surface area contributed by atoms with Crippen molar-refractivity contribution in [2.75, 3.05) is 6.54 Å². The number of hydrogen-bond acceptors (Lipinski definition) is 1. The molecule has 0 aliphatic rings. The van der Waals surface area contributed by atoms with Crippen LogP contribution in [0.3, 0.4) is 0 Å². The van der Waals surface area contributed by atoms with Gasteiger partial charge in [-0.05, 0) is 35.4 Å². The predicted molar refractivity (Wildman–Crippen MR) is 103 cm³/mol. The van der Waals surface area contributed by atoms with E-state index in [-0.39, 0.29) is 5.82 Å². The van der Waals surface area contributed by atoms with Gasteiger partial charge in [0.05, 0.1) is 5.02 Å². The van der Waals surface area contributed by atoms with Gasteiger partial charge in [0, 0.05) is 10.6 Å². The number of halogens is 3. The molecule has 0 aromatic heterocycles. The van der Waals surface area contributed by atoms with E-state index >= 15 is 0 Å². The fourth-order valence-electron chi connectivity index (χ4n) is 2.97. The molecule has 3 N–H and O–H groups in total. The Morgan fingerprint density at radius 1 is 0.885 bits per heavy atom. The van der Waals surface area contributed by atoms with Crippen LogP contribution in [0.25, 0.3) is 0 Å². The van der Waals surface area contributed by atoms with Crippen molar-refractivity contribution in [3.63, 3.8) is 0 Å². The van der Waals surface area contributed by atoms with Gasteiger partial charge in [0.25, 0.3) is 0 Å². The van der Waals surface area contributed by atoms with Crippen molar-refractivity contribution < 1.29 is 14.8 Å². The van der Waals surface area contributed by atoms with E-state index in [1.165, 1.54) is 12.1 Å². The second-order valence-electron chi connectivity index (χ2n) is 6.17. The first-order valence-electron chi connectivity index (χ1n) is 8.28. The zero-order chi connectivity index (χ0) is 18.6. The van der Waals surface area contributed by atoms with Gasteiger partial charge in [0.15, 0.2) is 5.60 Å². The first-order valence-corrected chi connectivity index (χ1v) is 9.04. The van der Waals surface area contributed by atoms with E-state index in [9.17, 15) is 9.50 Å². The number of quaternary nitrogens is 1. The van der Waals surface area contributed by atoms with Crippen LogP contribution in [-0.2, 0) is 12.1 Å². The Kier molecular flexibility index (Phi) is 5.94. The lowest BCUT2D eigenvalue weighted by atomic mass is 9.86. The van der Waals surface area contributed by atoms with Crippen molar-refractivity contribution >= 4 is 23.2 Å². The van der Waals surface area contributed by atoms with Crippen LogP contribution in [-0.4, -0.2) is 11.7 Å². The van der Waals surface area contributed by atoms with Crippen molar-refractivity contribution in [3.05, 3.63) is 105 Å². The van der Waals surface area contributed by atoms with Gasteiger partial charge in [-0.3, -0.25) is 0 Å². The second-order valence-corrected chi connectivity index (χ2v) is 7.01. The van der Waals surface area contributed by atoms with E-state index in [2.05, 4.69) is 0 Å². The highest BCUT2D eigenvalue weighted by molar-refractivity contribution is 6.35. The van der Waals surface area contributed by atoms with Crippen LogP contribution < -0.4 is 5.32 Å². The SMILES string of the molecule is O[C@](C[NH2+]Cc1ccc(Cl)cc1Cl)(c1ccccc1)c1ccc(F)cc1. The highest BCUT2D eigenvalue weighted by atomic mass is 35.5. The van der Waals surface area contributed by atoms with Crippen LogP contribution in [0.5, 0.6) is 0 Å². The number of aliphatic hydroxyl groups is 1. The minimum absolute atomic E-state index is 0.332. The third-order valence-corrected chi connectivity index (χ3v) is 4.98. The Morgan fingerprint density at radius 2 is 1.54 bits per heavy atom. The quantitative estimate of drug-likeness (QED) is 0.652. The van der Waals surface area contributed by atoms with E-state index in [1.54, 1.807) is 24.3 Å². The van der Waals surface area contributed by atoms with Crippen molar-refractivity contribution in [1.29, 1.82) is 0 Å². The highest BCUT2D eigenvalue weighted by Gasteiger charge is 2.33. The molecule has 0 fully saturated rings. The van der Waals surface area contributed by atoms with Gasteiger partial charge >= 0.3 is 0 Å². The van der Waals surface area contributed by atoms with Gasteiger partial charge in [-0.15, -0.1) is 0 Å². The van der Waals surface area contributed by atoms with Gasteiger partial charge in [-0.25, -0.2) is 4.39 Å². The smallest absolute Gasteiger partial charge is 0.163 e. The Balaban J connectivity index is 1.83. The van der Waals surface area contributed by atoms with Crippen LogP contribution in [0.4, 0.5) is 4.39 Å². The van der Waals surface area contributed by atoms with Crippen LogP contribution in [0, 0.1) is 5.82 Å². The molecule has 3 aromatic carbocycles. The van der Waals surface area contributed by atoms with Gasteiger partial charge in [0.1, 0.15) is 18.9 Å². The molecule has 0 spiro atoms. The molecule has 0 heterocycles.